The molecule has 3 heteroatoms. The van der Waals surface area contributed by atoms with Gasteiger partial charge in [-0.15, -0.1) is 0 Å². The average Bonchev–Trinajstić information content (AvgIpc) is 2.62. The fraction of sp³-hybridized carbons (Fsp3) is 1.00. The first-order valence-corrected chi connectivity index (χ1v) is 4.21. The van der Waals surface area contributed by atoms with Crippen molar-refractivity contribution in [1.29, 1.82) is 0 Å². The summed E-state index contributed by atoms with van der Waals surface area (Å²) in [7, 11) is 0. The molecule has 2 saturated heterocycles. The smallest absolute Gasteiger partial charge is 0.0942 e. The summed E-state index contributed by atoms with van der Waals surface area (Å²) >= 11 is 0. The van der Waals surface area contributed by atoms with Gasteiger partial charge in [-0.05, 0) is 12.8 Å². The topological polar surface area (TPSA) is 38.7 Å². The van der Waals surface area contributed by atoms with E-state index in [0.29, 0.717) is 0 Å². The maximum Gasteiger partial charge on any atom is 0.0942 e. The highest BCUT2D eigenvalue weighted by Crippen LogP contribution is 2.36. The Morgan fingerprint density at radius 2 is 2.36 bits per heavy atom. The zero-order valence-corrected chi connectivity index (χ0v) is 6.58. The molecule has 0 aliphatic carbocycles. The number of hydrogen-bond donors (Lipinski definition) is 1. The van der Waals surface area contributed by atoms with Gasteiger partial charge in [0.1, 0.15) is 0 Å². The monoisotopic (exact) mass is 158 g/mol. The highest BCUT2D eigenvalue weighted by atomic mass is 16.6. The van der Waals surface area contributed by atoms with Crippen LogP contribution in [0.25, 0.3) is 0 Å². The Hall–Kier alpha value is -0.120. The normalized spacial score (nSPS) is 43.9. The molecular formula is C8H14O3. The molecule has 2 fully saturated rings. The third-order valence-corrected chi connectivity index (χ3v) is 2.61. The molecule has 2 rings (SSSR count). The van der Waals surface area contributed by atoms with Gasteiger partial charge in [0.2, 0.25) is 0 Å². The molecule has 0 amide bonds. The maximum absolute atomic E-state index is 8.84. The highest BCUT2D eigenvalue weighted by Gasteiger charge is 2.42. The van der Waals surface area contributed by atoms with Crippen LogP contribution in [-0.4, -0.2) is 36.6 Å². The van der Waals surface area contributed by atoms with E-state index in [1.165, 1.54) is 0 Å². The van der Waals surface area contributed by atoms with Crippen LogP contribution >= 0.6 is 0 Å². The fourth-order valence-corrected chi connectivity index (χ4v) is 1.90. The van der Waals surface area contributed by atoms with Gasteiger partial charge in [-0.3, -0.25) is 0 Å². The third kappa shape index (κ3) is 1.28. The van der Waals surface area contributed by atoms with Crippen molar-refractivity contribution < 1.29 is 14.6 Å². The molecule has 1 N–H and O–H groups in total. The SMILES string of the molecule is OC[C@@H]1CC[C@]2(CCOC2)O1. The molecule has 2 atom stereocenters. The zero-order chi connectivity index (χ0) is 7.73. The second kappa shape index (κ2) is 2.73. The van der Waals surface area contributed by atoms with Gasteiger partial charge in [-0.1, -0.05) is 0 Å². The summed E-state index contributed by atoms with van der Waals surface area (Å²) in [5.74, 6) is 0. The summed E-state index contributed by atoms with van der Waals surface area (Å²) in [5.41, 5.74) is -0.0204. The quantitative estimate of drug-likeness (QED) is 0.597. The van der Waals surface area contributed by atoms with Crippen LogP contribution in [0, 0.1) is 0 Å². The summed E-state index contributed by atoms with van der Waals surface area (Å²) in [6, 6.07) is 0. The van der Waals surface area contributed by atoms with Crippen molar-refractivity contribution in [3.05, 3.63) is 0 Å². The molecule has 2 aliphatic heterocycles. The van der Waals surface area contributed by atoms with Crippen molar-refractivity contribution in [2.75, 3.05) is 19.8 Å². The van der Waals surface area contributed by atoms with Crippen LogP contribution in [-0.2, 0) is 9.47 Å². The van der Waals surface area contributed by atoms with E-state index in [4.69, 9.17) is 14.6 Å². The molecule has 0 aromatic rings. The zero-order valence-electron chi connectivity index (χ0n) is 6.58. The Bertz CT molecular complexity index is 140. The number of aliphatic hydroxyl groups is 1. The largest absolute Gasteiger partial charge is 0.394 e. The van der Waals surface area contributed by atoms with E-state index in [0.717, 1.165) is 32.5 Å². The maximum atomic E-state index is 8.84. The van der Waals surface area contributed by atoms with Crippen LogP contribution < -0.4 is 0 Å². The van der Waals surface area contributed by atoms with Crippen LogP contribution in [0.3, 0.4) is 0 Å². The minimum Gasteiger partial charge on any atom is -0.394 e. The van der Waals surface area contributed by atoms with E-state index in [9.17, 15) is 0 Å². The Morgan fingerprint density at radius 1 is 1.45 bits per heavy atom. The lowest BCUT2D eigenvalue weighted by atomic mass is 9.99. The molecular weight excluding hydrogens is 144 g/mol. The van der Waals surface area contributed by atoms with Crippen molar-refractivity contribution in [3.63, 3.8) is 0 Å². The molecule has 0 aromatic carbocycles. The van der Waals surface area contributed by atoms with Crippen molar-refractivity contribution in [2.24, 2.45) is 0 Å². The minimum absolute atomic E-state index is 0.0204. The molecule has 2 aliphatic rings. The summed E-state index contributed by atoms with van der Waals surface area (Å²) in [6.07, 6.45) is 3.11. The molecule has 0 bridgehead atoms. The number of ether oxygens (including phenoxy) is 2. The lowest BCUT2D eigenvalue weighted by molar-refractivity contribution is -0.0608. The first-order valence-electron chi connectivity index (χ1n) is 4.21. The number of rotatable bonds is 1. The standard InChI is InChI=1S/C8H14O3/c9-5-7-1-2-8(11-7)3-4-10-6-8/h7,9H,1-6H2/t7-,8+/m0/s1. The molecule has 11 heavy (non-hydrogen) atoms. The first-order chi connectivity index (χ1) is 5.35. The van der Waals surface area contributed by atoms with Crippen LogP contribution in [0.1, 0.15) is 19.3 Å². The molecule has 64 valence electrons. The lowest BCUT2D eigenvalue weighted by Gasteiger charge is -2.21. The first kappa shape index (κ1) is 7.53. The van der Waals surface area contributed by atoms with Crippen LogP contribution in [0.5, 0.6) is 0 Å². The Kier molecular flexibility index (Phi) is 1.87. The molecule has 0 saturated carbocycles. The Morgan fingerprint density at radius 3 is 2.91 bits per heavy atom. The summed E-state index contributed by atoms with van der Waals surface area (Å²) in [6.45, 7) is 1.70. The van der Waals surface area contributed by atoms with Crippen molar-refractivity contribution in [2.45, 2.75) is 31.0 Å². The minimum atomic E-state index is -0.0204. The summed E-state index contributed by atoms with van der Waals surface area (Å²) in [5, 5.41) is 8.84. The van der Waals surface area contributed by atoms with Gasteiger partial charge < -0.3 is 14.6 Å². The fourth-order valence-electron chi connectivity index (χ4n) is 1.90. The molecule has 3 nitrogen and oxygen atoms in total. The third-order valence-electron chi connectivity index (χ3n) is 2.61. The predicted molar refractivity (Wildman–Crippen MR) is 39.4 cm³/mol. The number of hydrogen-bond acceptors (Lipinski definition) is 3. The second-order valence-electron chi connectivity index (χ2n) is 3.45. The van der Waals surface area contributed by atoms with Gasteiger partial charge in [0.25, 0.3) is 0 Å². The average molecular weight is 158 g/mol. The van der Waals surface area contributed by atoms with Gasteiger partial charge in [-0.25, -0.2) is 0 Å². The number of aliphatic hydroxyl groups excluding tert-OH is 1. The second-order valence-corrected chi connectivity index (χ2v) is 3.45. The lowest BCUT2D eigenvalue weighted by Crippen LogP contribution is -2.30. The van der Waals surface area contributed by atoms with Gasteiger partial charge in [0.05, 0.1) is 24.9 Å². The Balaban J connectivity index is 1.96. The van der Waals surface area contributed by atoms with Gasteiger partial charge in [0.15, 0.2) is 0 Å². The molecule has 0 aromatic heterocycles. The van der Waals surface area contributed by atoms with Crippen molar-refractivity contribution in [1.82, 2.24) is 0 Å². The van der Waals surface area contributed by atoms with Crippen molar-refractivity contribution in [3.8, 4) is 0 Å². The van der Waals surface area contributed by atoms with E-state index in [2.05, 4.69) is 0 Å². The van der Waals surface area contributed by atoms with E-state index < -0.39 is 0 Å². The predicted octanol–water partition coefficient (Wildman–Crippen LogP) is 0.317. The van der Waals surface area contributed by atoms with Gasteiger partial charge in [0, 0.05) is 13.0 Å². The van der Waals surface area contributed by atoms with Crippen LogP contribution in [0.15, 0.2) is 0 Å². The van der Waals surface area contributed by atoms with Crippen LogP contribution in [0.2, 0.25) is 0 Å². The van der Waals surface area contributed by atoms with Gasteiger partial charge in [-0.2, -0.15) is 0 Å². The van der Waals surface area contributed by atoms with E-state index in [-0.39, 0.29) is 18.3 Å². The molecule has 0 unspecified atom stereocenters. The molecule has 1 spiro atoms. The van der Waals surface area contributed by atoms with E-state index in [1.54, 1.807) is 0 Å². The summed E-state index contributed by atoms with van der Waals surface area (Å²) < 4.78 is 11.0. The van der Waals surface area contributed by atoms with E-state index >= 15 is 0 Å². The summed E-state index contributed by atoms with van der Waals surface area (Å²) in [4.78, 5) is 0. The Labute approximate surface area is 66.3 Å². The van der Waals surface area contributed by atoms with Gasteiger partial charge >= 0.3 is 0 Å². The van der Waals surface area contributed by atoms with E-state index in [1.807, 2.05) is 0 Å². The van der Waals surface area contributed by atoms with Crippen LogP contribution in [0.4, 0.5) is 0 Å². The highest BCUT2D eigenvalue weighted by molar-refractivity contribution is 4.91. The molecule has 2 heterocycles. The molecule has 0 radical (unpaired) electrons. The van der Waals surface area contributed by atoms with Crippen molar-refractivity contribution >= 4 is 0 Å².